The van der Waals surface area contributed by atoms with E-state index in [0.29, 0.717) is 0 Å². The molecule has 0 bridgehead atoms. The van der Waals surface area contributed by atoms with Crippen molar-refractivity contribution in [2.45, 2.75) is 24.3 Å². The summed E-state index contributed by atoms with van der Waals surface area (Å²) in [6, 6.07) is 3.53. The van der Waals surface area contributed by atoms with Crippen LogP contribution in [0.25, 0.3) is 0 Å². The fourth-order valence-corrected chi connectivity index (χ4v) is 2.89. The van der Waals surface area contributed by atoms with E-state index < -0.39 is 27.1 Å². The van der Waals surface area contributed by atoms with Crippen molar-refractivity contribution >= 4 is 21.7 Å². The van der Waals surface area contributed by atoms with Crippen LogP contribution >= 0.6 is 0 Å². The largest absolute Gasteiger partial charge is 0.478 e. The van der Waals surface area contributed by atoms with Gasteiger partial charge in [-0.2, -0.15) is 4.72 Å². The van der Waals surface area contributed by atoms with Gasteiger partial charge in [0.05, 0.1) is 16.0 Å². The minimum Gasteiger partial charge on any atom is -0.478 e. The fourth-order valence-electron chi connectivity index (χ4n) is 1.37. The number of hydrogen-bond acceptors (Lipinski definition) is 4. The molecule has 0 unspecified atom stereocenters. The molecule has 1 aromatic carbocycles. The molecule has 0 heterocycles. The molecule has 0 saturated heterocycles. The zero-order valence-corrected chi connectivity index (χ0v) is 11.3. The number of nitrogens with two attached hydrogens (primary N) is 1. The number of sulfonamides is 1. The van der Waals surface area contributed by atoms with Gasteiger partial charge in [-0.1, -0.05) is 5.92 Å². The molecule has 1 rings (SSSR count). The molecule has 102 valence electrons. The number of nitrogen functional groups attached to an aromatic ring is 1. The molecule has 0 aromatic heterocycles. The Hall–Kier alpha value is -2.04. The molecular formula is C12H14N2O4S. The monoisotopic (exact) mass is 282 g/mol. The summed E-state index contributed by atoms with van der Waals surface area (Å²) in [5, 5.41) is 9.02. The summed E-state index contributed by atoms with van der Waals surface area (Å²) >= 11 is 0. The van der Waals surface area contributed by atoms with Crippen molar-refractivity contribution < 1.29 is 18.3 Å². The zero-order chi connectivity index (χ0) is 14.8. The predicted octanol–water partition coefficient (Wildman–Crippen LogP) is 0.657. The summed E-state index contributed by atoms with van der Waals surface area (Å²) < 4.78 is 26.5. The Balaban J connectivity index is 3.39. The second-order valence-electron chi connectivity index (χ2n) is 4.44. The van der Waals surface area contributed by atoms with Crippen LogP contribution in [0.3, 0.4) is 0 Å². The van der Waals surface area contributed by atoms with E-state index in [2.05, 4.69) is 10.6 Å². The lowest BCUT2D eigenvalue weighted by molar-refractivity contribution is 0.0692. The number of hydrogen-bond donors (Lipinski definition) is 3. The SMILES string of the molecule is C#CC(C)(C)NS(=O)(=O)c1ccc(N)cc1C(=O)O. The van der Waals surface area contributed by atoms with Crippen LogP contribution < -0.4 is 10.5 Å². The van der Waals surface area contributed by atoms with Crippen LogP contribution in [0.2, 0.25) is 0 Å². The Morgan fingerprint density at radius 2 is 2.05 bits per heavy atom. The first-order valence-electron chi connectivity index (χ1n) is 5.23. The van der Waals surface area contributed by atoms with E-state index in [1.807, 2.05) is 0 Å². The maximum atomic E-state index is 12.1. The summed E-state index contributed by atoms with van der Waals surface area (Å²) in [6.45, 7) is 2.98. The number of carboxylic acids is 1. The summed E-state index contributed by atoms with van der Waals surface area (Å²) in [6.07, 6.45) is 5.20. The standard InChI is InChI=1S/C12H14N2O4S/c1-4-12(2,3)14-19(17,18)10-6-5-8(13)7-9(10)11(15)16/h1,5-7,14H,13H2,2-3H3,(H,15,16). The lowest BCUT2D eigenvalue weighted by atomic mass is 10.1. The molecule has 0 atom stereocenters. The van der Waals surface area contributed by atoms with Gasteiger partial charge in [0.2, 0.25) is 10.0 Å². The van der Waals surface area contributed by atoms with Gasteiger partial charge in [0.15, 0.2) is 0 Å². The maximum Gasteiger partial charge on any atom is 0.337 e. The van der Waals surface area contributed by atoms with Gasteiger partial charge in [0, 0.05) is 5.69 Å². The van der Waals surface area contributed by atoms with Gasteiger partial charge >= 0.3 is 5.97 Å². The second kappa shape index (κ2) is 4.91. The van der Waals surface area contributed by atoms with Gasteiger partial charge in [0.1, 0.15) is 0 Å². The molecule has 7 heteroatoms. The number of terminal acetylenes is 1. The van der Waals surface area contributed by atoms with Crippen LogP contribution in [0.15, 0.2) is 23.1 Å². The molecular weight excluding hydrogens is 268 g/mol. The predicted molar refractivity (Wildman–Crippen MR) is 71.0 cm³/mol. The lowest BCUT2D eigenvalue weighted by Crippen LogP contribution is -2.42. The highest BCUT2D eigenvalue weighted by Crippen LogP contribution is 2.20. The van der Waals surface area contributed by atoms with Crippen molar-refractivity contribution in [2.75, 3.05) is 5.73 Å². The smallest absolute Gasteiger partial charge is 0.337 e. The summed E-state index contributed by atoms with van der Waals surface area (Å²) in [5.41, 5.74) is 4.08. The number of anilines is 1. The van der Waals surface area contributed by atoms with E-state index in [1.54, 1.807) is 0 Å². The van der Waals surface area contributed by atoms with Crippen LogP contribution in [-0.2, 0) is 10.0 Å². The van der Waals surface area contributed by atoms with Crippen LogP contribution in [0.1, 0.15) is 24.2 Å². The third-order valence-corrected chi connectivity index (χ3v) is 3.99. The number of rotatable bonds is 4. The molecule has 0 amide bonds. The van der Waals surface area contributed by atoms with E-state index in [1.165, 1.54) is 19.9 Å². The summed E-state index contributed by atoms with van der Waals surface area (Å²) in [4.78, 5) is 10.7. The van der Waals surface area contributed by atoms with E-state index in [4.69, 9.17) is 17.3 Å². The Kier molecular flexibility index (Phi) is 3.88. The fraction of sp³-hybridized carbons (Fsp3) is 0.250. The Bertz CT molecular complexity index is 657. The van der Waals surface area contributed by atoms with Gasteiger partial charge in [-0.15, -0.1) is 6.42 Å². The summed E-state index contributed by atoms with van der Waals surface area (Å²) in [7, 11) is -4.05. The third kappa shape index (κ3) is 3.47. The molecule has 0 radical (unpaired) electrons. The molecule has 1 aromatic rings. The van der Waals surface area contributed by atoms with Crippen LogP contribution in [0.5, 0.6) is 0 Å². The first-order valence-corrected chi connectivity index (χ1v) is 6.72. The van der Waals surface area contributed by atoms with Crippen LogP contribution in [0, 0.1) is 12.3 Å². The van der Waals surface area contributed by atoms with E-state index in [0.717, 1.165) is 12.1 Å². The van der Waals surface area contributed by atoms with Crippen molar-refractivity contribution in [1.82, 2.24) is 4.72 Å². The van der Waals surface area contributed by atoms with Gasteiger partial charge < -0.3 is 10.8 Å². The van der Waals surface area contributed by atoms with Crippen LogP contribution in [-0.4, -0.2) is 25.0 Å². The number of nitrogens with one attached hydrogen (secondary N) is 1. The molecule has 0 aliphatic heterocycles. The first kappa shape index (κ1) is 15.0. The highest BCUT2D eigenvalue weighted by molar-refractivity contribution is 7.89. The molecule has 0 saturated carbocycles. The van der Waals surface area contributed by atoms with Gasteiger partial charge in [-0.25, -0.2) is 13.2 Å². The first-order chi connectivity index (χ1) is 8.59. The molecule has 0 fully saturated rings. The van der Waals surface area contributed by atoms with Crippen molar-refractivity contribution in [1.29, 1.82) is 0 Å². The number of carboxylic acid groups (broad SMARTS) is 1. The number of benzene rings is 1. The normalized spacial score (nSPS) is 11.8. The van der Waals surface area contributed by atoms with E-state index in [9.17, 15) is 13.2 Å². The van der Waals surface area contributed by atoms with E-state index >= 15 is 0 Å². The molecule has 6 nitrogen and oxygen atoms in total. The Morgan fingerprint density at radius 3 is 2.53 bits per heavy atom. The van der Waals surface area contributed by atoms with Crippen molar-refractivity contribution in [3.8, 4) is 12.3 Å². The number of aromatic carboxylic acids is 1. The minimum absolute atomic E-state index is 0.160. The Labute approximate surface area is 111 Å². The zero-order valence-electron chi connectivity index (χ0n) is 10.5. The quantitative estimate of drug-likeness (QED) is 0.555. The van der Waals surface area contributed by atoms with Crippen LogP contribution in [0.4, 0.5) is 5.69 Å². The maximum absolute atomic E-state index is 12.1. The number of carbonyl (C=O) groups is 1. The van der Waals surface area contributed by atoms with Crippen molar-refractivity contribution in [3.63, 3.8) is 0 Å². The minimum atomic E-state index is -4.05. The molecule has 0 aliphatic rings. The highest BCUT2D eigenvalue weighted by atomic mass is 32.2. The highest BCUT2D eigenvalue weighted by Gasteiger charge is 2.28. The second-order valence-corrected chi connectivity index (χ2v) is 6.09. The summed E-state index contributed by atoms with van der Waals surface area (Å²) in [5.74, 6) is 0.882. The Morgan fingerprint density at radius 1 is 1.47 bits per heavy atom. The third-order valence-electron chi connectivity index (χ3n) is 2.27. The van der Waals surface area contributed by atoms with Gasteiger partial charge in [0.25, 0.3) is 0 Å². The van der Waals surface area contributed by atoms with Gasteiger partial charge in [-0.3, -0.25) is 0 Å². The molecule has 19 heavy (non-hydrogen) atoms. The van der Waals surface area contributed by atoms with Crippen molar-refractivity contribution in [2.24, 2.45) is 0 Å². The topological polar surface area (TPSA) is 109 Å². The van der Waals surface area contributed by atoms with Crippen molar-refractivity contribution in [3.05, 3.63) is 23.8 Å². The average Bonchev–Trinajstić information content (AvgIpc) is 2.27. The molecule has 0 aliphatic carbocycles. The average molecular weight is 282 g/mol. The molecule has 4 N–H and O–H groups in total. The molecule has 0 spiro atoms. The van der Waals surface area contributed by atoms with Gasteiger partial charge in [-0.05, 0) is 32.0 Å². The lowest BCUT2D eigenvalue weighted by Gasteiger charge is -2.20. The van der Waals surface area contributed by atoms with E-state index in [-0.39, 0.29) is 10.6 Å².